The molecule has 2 aliphatic heterocycles. The number of aromatic nitrogens is 2. The van der Waals surface area contributed by atoms with Crippen LogP contribution in [0.1, 0.15) is 10.5 Å². The number of carbonyl (C=O) groups excluding carboxylic acids is 1. The fraction of sp³-hybridized carbons (Fsp3) is 0.400. The Hall–Kier alpha value is -3.39. The van der Waals surface area contributed by atoms with Gasteiger partial charge in [-0.2, -0.15) is 0 Å². The second-order valence-corrected chi connectivity index (χ2v) is 8.69. The monoisotopic (exact) mass is 446 g/mol. The van der Waals surface area contributed by atoms with E-state index >= 15 is 0 Å². The molecule has 2 aromatic carbocycles. The van der Waals surface area contributed by atoms with Gasteiger partial charge in [-0.15, -0.1) is 10.2 Å². The minimum atomic E-state index is -0.0267. The van der Waals surface area contributed by atoms with Crippen molar-refractivity contribution in [2.45, 2.75) is 0 Å². The van der Waals surface area contributed by atoms with Crippen molar-refractivity contribution in [2.24, 2.45) is 0 Å². The molecule has 0 N–H and O–H groups in total. The molecule has 8 nitrogen and oxygen atoms in total. The van der Waals surface area contributed by atoms with Gasteiger partial charge in [0.15, 0.2) is 11.5 Å². The lowest BCUT2D eigenvalue weighted by atomic mass is 10.1. The fourth-order valence-corrected chi connectivity index (χ4v) is 4.62. The molecule has 1 aromatic heterocycles. The summed E-state index contributed by atoms with van der Waals surface area (Å²) >= 11 is 0. The van der Waals surface area contributed by atoms with E-state index in [9.17, 15) is 4.79 Å². The van der Waals surface area contributed by atoms with Crippen LogP contribution < -0.4 is 14.5 Å². The van der Waals surface area contributed by atoms with Crippen LogP contribution in [-0.4, -0.2) is 92.4 Å². The van der Waals surface area contributed by atoms with Crippen LogP contribution in [0.4, 0.5) is 11.5 Å². The van der Waals surface area contributed by atoms with Gasteiger partial charge in [-0.25, -0.2) is 0 Å². The number of amides is 1. The summed E-state index contributed by atoms with van der Waals surface area (Å²) in [4.78, 5) is 22.0. The molecule has 2 fully saturated rings. The molecule has 0 spiro atoms. The zero-order chi connectivity index (χ0) is 22.8. The topological polar surface area (TPSA) is 65.0 Å². The Morgan fingerprint density at radius 2 is 1.52 bits per heavy atom. The lowest BCUT2D eigenvalue weighted by Crippen LogP contribution is -2.48. The molecule has 3 aromatic rings. The summed E-state index contributed by atoms with van der Waals surface area (Å²) < 4.78 is 5.38. The highest BCUT2D eigenvalue weighted by atomic mass is 16.5. The number of anilines is 2. The summed E-state index contributed by atoms with van der Waals surface area (Å²) in [6.07, 6.45) is 0. The minimum absolute atomic E-state index is 0.0267. The van der Waals surface area contributed by atoms with Gasteiger partial charge in [0.1, 0.15) is 5.75 Å². The Morgan fingerprint density at radius 1 is 0.818 bits per heavy atom. The lowest BCUT2D eigenvalue weighted by molar-refractivity contribution is 0.0659. The first-order valence-corrected chi connectivity index (χ1v) is 11.5. The molecule has 5 rings (SSSR count). The summed E-state index contributed by atoms with van der Waals surface area (Å²) in [5.74, 6) is 1.69. The van der Waals surface area contributed by atoms with Gasteiger partial charge in [0.05, 0.1) is 7.11 Å². The van der Waals surface area contributed by atoms with Crippen LogP contribution in [0, 0.1) is 0 Å². The number of benzene rings is 2. The summed E-state index contributed by atoms with van der Waals surface area (Å²) in [6.45, 7) is 6.64. The lowest BCUT2D eigenvalue weighted by Gasteiger charge is -2.37. The van der Waals surface area contributed by atoms with Gasteiger partial charge < -0.3 is 24.3 Å². The van der Waals surface area contributed by atoms with Crippen LogP contribution in [0.3, 0.4) is 0 Å². The largest absolute Gasteiger partial charge is 0.497 e. The van der Waals surface area contributed by atoms with Gasteiger partial charge in [-0.05, 0) is 19.2 Å². The first-order chi connectivity index (χ1) is 16.1. The summed E-state index contributed by atoms with van der Waals surface area (Å²) in [6, 6.07) is 16.2. The SMILES string of the molecule is COc1cccc(N2CCN(c3nnc(C(=O)N4CCN(C)CC4)c4ccccc34)CC2)c1. The summed E-state index contributed by atoms with van der Waals surface area (Å²) in [5, 5.41) is 10.9. The molecular weight excluding hydrogens is 416 g/mol. The first kappa shape index (κ1) is 21.5. The average Bonchev–Trinajstić information content (AvgIpc) is 2.88. The molecule has 0 aliphatic carbocycles. The van der Waals surface area contributed by atoms with Crippen molar-refractivity contribution in [3.05, 3.63) is 54.2 Å². The molecule has 0 bridgehead atoms. The Bertz CT molecular complexity index is 1140. The van der Waals surface area contributed by atoms with E-state index in [0.717, 1.165) is 80.4 Å². The summed E-state index contributed by atoms with van der Waals surface area (Å²) in [7, 11) is 3.78. The molecular formula is C25H30N6O2. The van der Waals surface area contributed by atoms with Crippen molar-refractivity contribution in [1.82, 2.24) is 20.0 Å². The van der Waals surface area contributed by atoms with Gasteiger partial charge in [0, 0.05) is 74.9 Å². The highest BCUT2D eigenvalue weighted by Crippen LogP contribution is 2.29. The number of methoxy groups -OCH3 is 1. The maximum Gasteiger partial charge on any atom is 0.275 e. The van der Waals surface area contributed by atoms with Gasteiger partial charge in [-0.3, -0.25) is 4.79 Å². The van der Waals surface area contributed by atoms with Crippen LogP contribution in [0.2, 0.25) is 0 Å². The van der Waals surface area contributed by atoms with E-state index in [4.69, 9.17) is 4.74 Å². The van der Waals surface area contributed by atoms with Crippen molar-refractivity contribution >= 4 is 28.2 Å². The van der Waals surface area contributed by atoms with Crippen molar-refractivity contribution in [1.29, 1.82) is 0 Å². The number of hydrogen-bond donors (Lipinski definition) is 0. The first-order valence-electron chi connectivity index (χ1n) is 11.5. The third-order valence-electron chi connectivity index (χ3n) is 6.66. The number of hydrogen-bond acceptors (Lipinski definition) is 7. The Kier molecular flexibility index (Phi) is 6.00. The molecule has 0 saturated carbocycles. The van der Waals surface area contributed by atoms with E-state index < -0.39 is 0 Å². The molecule has 3 heterocycles. The molecule has 1 amide bonds. The standard InChI is InChI=1S/C25H30N6O2/c1-28-10-12-31(13-11-28)25(32)23-21-8-3-4-9-22(21)24(27-26-23)30-16-14-29(15-17-30)19-6-5-7-20(18-19)33-2/h3-9,18H,10-17H2,1-2H3. The van der Waals surface area contributed by atoms with Crippen molar-refractivity contribution in [3.8, 4) is 5.75 Å². The zero-order valence-electron chi connectivity index (χ0n) is 19.3. The molecule has 0 radical (unpaired) electrons. The van der Waals surface area contributed by atoms with E-state index in [1.807, 2.05) is 35.2 Å². The second kappa shape index (κ2) is 9.23. The molecule has 33 heavy (non-hydrogen) atoms. The van der Waals surface area contributed by atoms with Crippen LogP contribution >= 0.6 is 0 Å². The smallest absolute Gasteiger partial charge is 0.275 e. The number of ether oxygens (including phenoxy) is 1. The Balaban J connectivity index is 1.36. The molecule has 0 unspecified atom stereocenters. The highest BCUT2D eigenvalue weighted by molar-refractivity contribution is 6.07. The summed E-state index contributed by atoms with van der Waals surface area (Å²) in [5.41, 5.74) is 1.62. The van der Waals surface area contributed by atoms with E-state index in [0.29, 0.717) is 5.69 Å². The third-order valence-corrected chi connectivity index (χ3v) is 6.66. The highest BCUT2D eigenvalue weighted by Gasteiger charge is 2.26. The number of piperazine rings is 2. The number of rotatable bonds is 4. The Labute approximate surface area is 194 Å². The van der Waals surface area contributed by atoms with Gasteiger partial charge in [0.2, 0.25) is 0 Å². The zero-order valence-corrected chi connectivity index (χ0v) is 19.3. The normalized spacial score (nSPS) is 17.5. The molecule has 8 heteroatoms. The average molecular weight is 447 g/mol. The molecule has 172 valence electrons. The van der Waals surface area contributed by atoms with Gasteiger partial charge in [0.25, 0.3) is 5.91 Å². The van der Waals surface area contributed by atoms with Crippen LogP contribution in [-0.2, 0) is 0 Å². The van der Waals surface area contributed by atoms with Crippen molar-refractivity contribution < 1.29 is 9.53 Å². The minimum Gasteiger partial charge on any atom is -0.497 e. The van der Waals surface area contributed by atoms with E-state index in [2.05, 4.69) is 50.1 Å². The quantitative estimate of drug-likeness (QED) is 0.610. The van der Waals surface area contributed by atoms with Gasteiger partial charge >= 0.3 is 0 Å². The number of carbonyl (C=O) groups is 1. The predicted molar refractivity (Wildman–Crippen MR) is 130 cm³/mol. The fourth-order valence-electron chi connectivity index (χ4n) is 4.62. The van der Waals surface area contributed by atoms with E-state index in [1.54, 1.807) is 7.11 Å². The van der Waals surface area contributed by atoms with Crippen molar-refractivity contribution in [2.75, 3.05) is 76.3 Å². The van der Waals surface area contributed by atoms with Gasteiger partial charge in [-0.1, -0.05) is 30.3 Å². The van der Waals surface area contributed by atoms with Crippen LogP contribution in [0.25, 0.3) is 10.8 Å². The van der Waals surface area contributed by atoms with Crippen LogP contribution in [0.15, 0.2) is 48.5 Å². The number of likely N-dealkylation sites (N-methyl/N-ethyl adjacent to an activating group) is 1. The maximum atomic E-state index is 13.2. The van der Waals surface area contributed by atoms with Crippen molar-refractivity contribution in [3.63, 3.8) is 0 Å². The molecule has 2 aliphatic rings. The molecule has 2 saturated heterocycles. The molecule has 0 atom stereocenters. The maximum absolute atomic E-state index is 13.2. The van der Waals surface area contributed by atoms with E-state index in [1.165, 1.54) is 0 Å². The predicted octanol–water partition coefficient (Wildman–Crippen LogP) is 2.35. The number of nitrogens with zero attached hydrogens (tertiary/aromatic N) is 6. The second-order valence-electron chi connectivity index (χ2n) is 8.69. The number of fused-ring (bicyclic) bond motifs is 1. The Morgan fingerprint density at radius 3 is 2.24 bits per heavy atom. The van der Waals surface area contributed by atoms with Crippen LogP contribution in [0.5, 0.6) is 5.75 Å². The van der Waals surface area contributed by atoms with E-state index in [-0.39, 0.29) is 5.91 Å². The third kappa shape index (κ3) is 4.30.